The van der Waals surface area contributed by atoms with Crippen LogP contribution in [0.5, 0.6) is 0 Å². The average Bonchev–Trinajstić information content (AvgIpc) is 2.56. The van der Waals surface area contributed by atoms with E-state index in [0.717, 1.165) is 11.3 Å². The van der Waals surface area contributed by atoms with Crippen molar-refractivity contribution in [2.75, 3.05) is 0 Å². The van der Waals surface area contributed by atoms with Crippen molar-refractivity contribution in [1.82, 2.24) is 0 Å². The van der Waals surface area contributed by atoms with E-state index < -0.39 is 0 Å². The Bertz CT molecular complexity index is 300. The first-order valence-corrected chi connectivity index (χ1v) is 4.65. The van der Waals surface area contributed by atoms with Crippen LogP contribution in [0, 0.1) is 0 Å². The summed E-state index contributed by atoms with van der Waals surface area (Å²) in [6.07, 6.45) is 4.08. The van der Waals surface area contributed by atoms with Crippen molar-refractivity contribution in [2.45, 2.75) is 12.5 Å². The van der Waals surface area contributed by atoms with Crippen molar-refractivity contribution in [2.24, 2.45) is 0 Å². The topological polar surface area (TPSA) is 26.3 Å². The molecule has 2 nitrogen and oxygen atoms in total. The van der Waals surface area contributed by atoms with Gasteiger partial charge in [-0.3, -0.25) is 0 Å². The molecule has 0 saturated heterocycles. The van der Waals surface area contributed by atoms with Crippen LogP contribution in [0.25, 0.3) is 0 Å². The monoisotopic (exact) mass is 180 g/mol. The fourth-order valence-electron chi connectivity index (χ4n) is 1.16. The smallest absolute Gasteiger partial charge is 0.331 e. The first-order chi connectivity index (χ1) is 5.86. The maximum Gasteiger partial charge on any atom is 0.331 e. The van der Waals surface area contributed by atoms with Gasteiger partial charge in [0, 0.05) is 17.4 Å². The summed E-state index contributed by atoms with van der Waals surface area (Å²) in [6, 6.07) is 3.95. The number of ether oxygens (including phenoxy) is 1. The van der Waals surface area contributed by atoms with Crippen LogP contribution in [0.4, 0.5) is 0 Å². The van der Waals surface area contributed by atoms with Crippen LogP contribution >= 0.6 is 11.3 Å². The zero-order chi connectivity index (χ0) is 8.39. The van der Waals surface area contributed by atoms with E-state index in [9.17, 15) is 4.79 Å². The van der Waals surface area contributed by atoms with Gasteiger partial charge in [0.2, 0.25) is 0 Å². The molecule has 0 fully saturated rings. The maximum absolute atomic E-state index is 10.9. The number of rotatable bonds is 1. The van der Waals surface area contributed by atoms with Crippen LogP contribution in [0.15, 0.2) is 29.7 Å². The highest BCUT2D eigenvalue weighted by Gasteiger charge is 2.18. The van der Waals surface area contributed by atoms with E-state index in [2.05, 4.69) is 0 Å². The van der Waals surface area contributed by atoms with Gasteiger partial charge in [0.25, 0.3) is 0 Å². The van der Waals surface area contributed by atoms with Crippen LogP contribution < -0.4 is 0 Å². The summed E-state index contributed by atoms with van der Waals surface area (Å²) in [5, 5.41) is 1.99. The van der Waals surface area contributed by atoms with Crippen LogP contribution in [-0.2, 0) is 9.53 Å². The first-order valence-electron chi connectivity index (χ1n) is 3.77. The van der Waals surface area contributed by atoms with E-state index >= 15 is 0 Å². The quantitative estimate of drug-likeness (QED) is 0.620. The van der Waals surface area contributed by atoms with Gasteiger partial charge in [-0.25, -0.2) is 4.79 Å². The van der Waals surface area contributed by atoms with E-state index in [4.69, 9.17) is 4.74 Å². The molecular formula is C9H8O2S. The van der Waals surface area contributed by atoms with E-state index in [0.29, 0.717) is 0 Å². The van der Waals surface area contributed by atoms with Gasteiger partial charge in [0.1, 0.15) is 6.10 Å². The molecule has 1 aliphatic heterocycles. The number of cyclic esters (lactones) is 1. The molecule has 0 spiro atoms. The normalized spacial score (nSPS) is 22.3. The fourth-order valence-corrected chi connectivity index (χ4v) is 1.93. The highest BCUT2D eigenvalue weighted by Crippen LogP contribution is 2.28. The second-order valence-corrected chi connectivity index (χ2v) is 3.56. The summed E-state index contributed by atoms with van der Waals surface area (Å²) in [7, 11) is 0. The Kier molecular flexibility index (Phi) is 1.96. The minimum absolute atomic E-state index is 0.0532. The van der Waals surface area contributed by atoms with Crippen LogP contribution in [0.1, 0.15) is 17.4 Å². The largest absolute Gasteiger partial charge is 0.453 e. The standard InChI is InChI=1S/C9H8O2S/c10-9-5-1-3-7(11-9)8-4-2-6-12-8/h1-2,4-7H,3H2/t7-/m1/s1. The molecule has 0 amide bonds. The molecule has 0 bridgehead atoms. The molecule has 2 rings (SSSR count). The van der Waals surface area contributed by atoms with Crippen molar-refractivity contribution >= 4 is 17.3 Å². The van der Waals surface area contributed by atoms with Gasteiger partial charge in [-0.15, -0.1) is 11.3 Å². The third-order valence-corrected chi connectivity index (χ3v) is 2.69. The minimum Gasteiger partial charge on any atom is -0.453 e. The zero-order valence-electron chi connectivity index (χ0n) is 6.40. The van der Waals surface area contributed by atoms with E-state index in [1.165, 1.54) is 6.08 Å². The van der Waals surface area contributed by atoms with Gasteiger partial charge < -0.3 is 4.74 Å². The number of esters is 1. The number of thiophene rings is 1. The number of hydrogen-bond donors (Lipinski definition) is 0. The molecule has 1 aromatic heterocycles. The molecule has 0 unspecified atom stereocenters. The molecule has 0 N–H and O–H groups in total. The predicted octanol–water partition coefficient (Wildman–Crippen LogP) is 2.29. The van der Waals surface area contributed by atoms with Gasteiger partial charge in [-0.05, 0) is 11.4 Å². The van der Waals surface area contributed by atoms with E-state index in [-0.39, 0.29) is 12.1 Å². The molecule has 3 heteroatoms. The Labute approximate surface area is 74.5 Å². The molecule has 0 saturated carbocycles. The molecule has 1 atom stereocenters. The third kappa shape index (κ3) is 1.41. The Morgan fingerprint density at radius 2 is 2.50 bits per heavy atom. The Hall–Kier alpha value is -1.09. The summed E-state index contributed by atoms with van der Waals surface area (Å²) in [4.78, 5) is 12.0. The van der Waals surface area contributed by atoms with Gasteiger partial charge in [0.15, 0.2) is 0 Å². The van der Waals surface area contributed by atoms with Crippen LogP contribution in [-0.4, -0.2) is 5.97 Å². The lowest BCUT2D eigenvalue weighted by Crippen LogP contribution is -2.11. The Morgan fingerprint density at radius 1 is 1.58 bits per heavy atom. The molecule has 0 aliphatic carbocycles. The summed E-state index contributed by atoms with van der Waals surface area (Å²) in [5.41, 5.74) is 0. The molecule has 62 valence electrons. The van der Waals surface area contributed by atoms with Crippen LogP contribution in [0.3, 0.4) is 0 Å². The van der Waals surface area contributed by atoms with Crippen molar-refractivity contribution in [3.8, 4) is 0 Å². The summed E-state index contributed by atoms with van der Waals surface area (Å²) in [5.74, 6) is -0.236. The van der Waals surface area contributed by atoms with Crippen molar-refractivity contribution in [3.05, 3.63) is 34.5 Å². The highest BCUT2D eigenvalue weighted by molar-refractivity contribution is 7.10. The van der Waals surface area contributed by atoms with Crippen molar-refractivity contribution in [3.63, 3.8) is 0 Å². The van der Waals surface area contributed by atoms with Gasteiger partial charge in [-0.1, -0.05) is 12.1 Å². The molecule has 1 aliphatic rings. The van der Waals surface area contributed by atoms with Crippen molar-refractivity contribution in [1.29, 1.82) is 0 Å². The number of hydrogen-bond acceptors (Lipinski definition) is 3. The molecule has 12 heavy (non-hydrogen) atoms. The fraction of sp³-hybridized carbons (Fsp3) is 0.222. The van der Waals surface area contributed by atoms with Gasteiger partial charge in [0.05, 0.1) is 0 Å². The number of carbonyl (C=O) groups is 1. The molecule has 0 radical (unpaired) electrons. The first kappa shape index (κ1) is 7.55. The Morgan fingerprint density at radius 3 is 3.17 bits per heavy atom. The molecule has 0 aromatic carbocycles. The van der Waals surface area contributed by atoms with E-state index in [1.807, 2.05) is 23.6 Å². The lowest BCUT2D eigenvalue weighted by atomic mass is 10.2. The molecule has 2 heterocycles. The zero-order valence-corrected chi connectivity index (χ0v) is 7.21. The predicted molar refractivity (Wildman–Crippen MR) is 46.9 cm³/mol. The van der Waals surface area contributed by atoms with E-state index in [1.54, 1.807) is 11.3 Å². The highest BCUT2D eigenvalue weighted by atomic mass is 32.1. The average molecular weight is 180 g/mol. The summed E-state index contributed by atoms with van der Waals surface area (Å²) < 4.78 is 5.12. The molecular weight excluding hydrogens is 172 g/mol. The van der Waals surface area contributed by atoms with Crippen molar-refractivity contribution < 1.29 is 9.53 Å². The van der Waals surface area contributed by atoms with Gasteiger partial charge >= 0.3 is 5.97 Å². The Balaban J connectivity index is 2.17. The second-order valence-electron chi connectivity index (χ2n) is 2.58. The maximum atomic E-state index is 10.9. The molecule has 1 aromatic rings. The minimum atomic E-state index is -0.236. The SMILES string of the molecule is O=C1C=CC[C@H](c2cccs2)O1. The lowest BCUT2D eigenvalue weighted by molar-refractivity contribution is -0.144. The third-order valence-electron chi connectivity index (χ3n) is 1.72. The second kappa shape index (κ2) is 3.11. The summed E-state index contributed by atoms with van der Waals surface area (Å²) >= 11 is 1.62. The van der Waals surface area contributed by atoms with Gasteiger partial charge in [-0.2, -0.15) is 0 Å². The van der Waals surface area contributed by atoms with Crippen LogP contribution in [0.2, 0.25) is 0 Å². The summed E-state index contributed by atoms with van der Waals surface area (Å²) in [6.45, 7) is 0. The number of carbonyl (C=O) groups excluding carboxylic acids is 1. The lowest BCUT2D eigenvalue weighted by Gasteiger charge is -2.16.